The number of thioether (sulfide) groups is 1. The molecule has 0 atom stereocenters. The second-order valence-electron chi connectivity index (χ2n) is 5.67. The van der Waals surface area contributed by atoms with Crippen molar-refractivity contribution in [3.05, 3.63) is 66.0 Å². The Bertz CT molecular complexity index is 823. The summed E-state index contributed by atoms with van der Waals surface area (Å²) in [6, 6.07) is 17.9. The van der Waals surface area contributed by atoms with Crippen molar-refractivity contribution in [2.75, 3.05) is 18.7 Å². The van der Waals surface area contributed by atoms with Crippen LogP contribution in [0.15, 0.2) is 59.8 Å². The summed E-state index contributed by atoms with van der Waals surface area (Å²) < 4.78 is 12.4. The minimum absolute atomic E-state index is 0.251. The van der Waals surface area contributed by atoms with Gasteiger partial charge in [-0.25, -0.2) is 4.68 Å². The van der Waals surface area contributed by atoms with Crippen LogP contribution in [0.1, 0.15) is 17.8 Å². The molecule has 0 amide bonds. The van der Waals surface area contributed by atoms with Gasteiger partial charge in [0, 0.05) is 11.8 Å². The summed E-state index contributed by atoms with van der Waals surface area (Å²) in [6.45, 7) is 0.251. The van der Waals surface area contributed by atoms with Gasteiger partial charge >= 0.3 is 0 Å². The molecule has 0 aliphatic carbocycles. The maximum Gasteiger partial charge on any atom is 0.209 e. The van der Waals surface area contributed by atoms with E-state index >= 15 is 0 Å². The molecule has 0 saturated carbocycles. The number of benzene rings is 2. The number of rotatable bonds is 9. The van der Waals surface area contributed by atoms with Gasteiger partial charge in [0.2, 0.25) is 5.16 Å². The molecule has 1 heterocycles. The Balaban J connectivity index is 1.48. The van der Waals surface area contributed by atoms with Crippen molar-refractivity contribution in [3.63, 3.8) is 0 Å². The molecule has 2 N–H and O–H groups in total. The number of aryl methyl sites for hydroxylation is 1. The highest BCUT2D eigenvalue weighted by molar-refractivity contribution is 7.99. The molecule has 0 aliphatic heterocycles. The summed E-state index contributed by atoms with van der Waals surface area (Å²) in [7, 11) is 1.62. The van der Waals surface area contributed by atoms with Crippen molar-refractivity contribution in [2.45, 2.75) is 24.6 Å². The Labute approximate surface area is 157 Å². The molecule has 0 spiro atoms. The topological polar surface area (TPSA) is 75.2 Å². The average Bonchev–Trinajstić information content (AvgIpc) is 3.04. The minimum atomic E-state index is 0.251. The zero-order valence-corrected chi connectivity index (χ0v) is 15.5. The summed E-state index contributed by atoms with van der Waals surface area (Å²) in [6.07, 6.45) is 2.09. The smallest absolute Gasteiger partial charge is 0.209 e. The molecular weight excluding hydrogens is 348 g/mol. The Morgan fingerprint density at radius 3 is 2.65 bits per heavy atom. The van der Waals surface area contributed by atoms with Crippen LogP contribution >= 0.6 is 11.8 Å². The number of nitrogens with two attached hydrogens (primary N) is 1. The predicted octanol–water partition coefficient (Wildman–Crippen LogP) is 3.30. The van der Waals surface area contributed by atoms with Crippen LogP contribution in [0.3, 0.4) is 0 Å². The van der Waals surface area contributed by atoms with E-state index in [2.05, 4.69) is 34.5 Å². The predicted molar refractivity (Wildman–Crippen MR) is 103 cm³/mol. The van der Waals surface area contributed by atoms with Gasteiger partial charge < -0.3 is 15.3 Å². The Kier molecular flexibility index (Phi) is 6.38. The molecule has 6 nitrogen and oxygen atoms in total. The van der Waals surface area contributed by atoms with E-state index in [-0.39, 0.29) is 6.61 Å². The van der Waals surface area contributed by atoms with Crippen molar-refractivity contribution in [1.82, 2.24) is 14.9 Å². The summed E-state index contributed by atoms with van der Waals surface area (Å²) in [5.74, 6) is 9.04. The summed E-state index contributed by atoms with van der Waals surface area (Å²) in [4.78, 5) is 0. The maximum atomic E-state index is 6.08. The van der Waals surface area contributed by atoms with Crippen LogP contribution in [-0.2, 0) is 13.0 Å². The monoisotopic (exact) mass is 370 g/mol. The van der Waals surface area contributed by atoms with Crippen LogP contribution < -0.4 is 15.3 Å². The summed E-state index contributed by atoms with van der Waals surface area (Å²) >= 11 is 1.60. The van der Waals surface area contributed by atoms with Crippen LogP contribution in [0.25, 0.3) is 0 Å². The highest BCUT2D eigenvalue weighted by Crippen LogP contribution is 2.21. The van der Waals surface area contributed by atoms with Gasteiger partial charge in [0.15, 0.2) is 5.82 Å². The number of nitrogens with zero attached hydrogens (tertiary/aromatic N) is 3. The molecule has 1 aromatic heterocycles. The third kappa shape index (κ3) is 4.92. The van der Waals surface area contributed by atoms with Crippen LogP contribution in [0.2, 0.25) is 0 Å². The molecule has 136 valence electrons. The molecular formula is C19H22N4O2S. The molecule has 7 heteroatoms. The van der Waals surface area contributed by atoms with Gasteiger partial charge in [0.1, 0.15) is 18.1 Å². The van der Waals surface area contributed by atoms with Crippen molar-refractivity contribution >= 4 is 11.8 Å². The minimum Gasteiger partial charge on any atom is -0.497 e. The third-order valence-electron chi connectivity index (χ3n) is 3.83. The zero-order chi connectivity index (χ0) is 18.2. The molecule has 0 radical (unpaired) electrons. The second kappa shape index (κ2) is 9.15. The molecule has 3 aromatic rings. The Morgan fingerprint density at radius 1 is 1.04 bits per heavy atom. The molecule has 2 aromatic carbocycles. The number of hydrogen-bond donors (Lipinski definition) is 1. The summed E-state index contributed by atoms with van der Waals surface area (Å²) in [5.41, 5.74) is 1.34. The SMILES string of the molecule is COc1cccc(OCc2nnc(SCCCc3ccccc3)n2N)c1. The van der Waals surface area contributed by atoms with Crippen molar-refractivity contribution < 1.29 is 9.47 Å². The lowest BCUT2D eigenvalue weighted by Gasteiger charge is -2.07. The van der Waals surface area contributed by atoms with Gasteiger partial charge in [-0.1, -0.05) is 48.2 Å². The average molecular weight is 370 g/mol. The van der Waals surface area contributed by atoms with Crippen LogP contribution in [0.5, 0.6) is 11.5 Å². The standard InChI is InChI=1S/C19H22N4O2S/c1-24-16-10-5-11-17(13-16)25-14-18-21-22-19(23(18)20)26-12-6-9-15-7-3-2-4-8-15/h2-5,7-8,10-11,13H,6,9,12,14,20H2,1H3. The van der Waals surface area contributed by atoms with Gasteiger partial charge in [-0.3, -0.25) is 0 Å². The first-order valence-electron chi connectivity index (χ1n) is 8.39. The molecule has 0 bridgehead atoms. The normalized spacial score (nSPS) is 10.7. The first kappa shape index (κ1) is 18.1. The highest BCUT2D eigenvalue weighted by atomic mass is 32.2. The summed E-state index contributed by atoms with van der Waals surface area (Å²) in [5, 5.41) is 8.97. The fourth-order valence-electron chi connectivity index (χ4n) is 2.43. The first-order valence-corrected chi connectivity index (χ1v) is 9.38. The lowest BCUT2D eigenvalue weighted by Crippen LogP contribution is -2.15. The second-order valence-corrected chi connectivity index (χ2v) is 6.74. The first-order chi connectivity index (χ1) is 12.8. The van der Waals surface area contributed by atoms with E-state index in [0.29, 0.717) is 16.7 Å². The van der Waals surface area contributed by atoms with Crippen LogP contribution in [-0.4, -0.2) is 27.7 Å². The molecule has 0 fully saturated rings. The van der Waals surface area contributed by atoms with E-state index in [4.69, 9.17) is 15.3 Å². The van der Waals surface area contributed by atoms with E-state index in [1.54, 1.807) is 18.9 Å². The van der Waals surface area contributed by atoms with Crippen molar-refractivity contribution in [1.29, 1.82) is 0 Å². The lowest BCUT2D eigenvalue weighted by molar-refractivity contribution is 0.289. The quantitative estimate of drug-likeness (QED) is 0.354. The lowest BCUT2D eigenvalue weighted by atomic mass is 10.1. The number of nitrogen functional groups attached to an aromatic ring is 1. The number of methoxy groups -OCH3 is 1. The highest BCUT2D eigenvalue weighted by Gasteiger charge is 2.11. The van der Waals surface area contributed by atoms with E-state index in [0.717, 1.165) is 24.3 Å². The van der Waals surface area contributed by atoms with Crippen LogP contribution in [0, 0.1) is 0 Å². The molecule has 26 heavy (non-hydrogen) atoms. The Morgan fingerprint density at radius 2 is 1.85 bits per heavy atom. The van der Waals surface area contributed by atoms with E-state index < -0.39 is 0 Å². The third-order valence-corrected chi connectivity index (χ3v) is 4.86. The Hall–Kier alpha value is -2.67. The maximum absolute atomic E-state index is 6.08. The molecule has 0 saturated heterocycles. The number of aromatic nitrogens is 3. The van der Waals surface area contributed by atoms with Gasteiger partial charge in [-0.15, -0.1) is 10.2 Å². The van der Waals surface area contributed by atoms with Gasteiger partial charge in [-0.05, 0) is 30.5 Å². The number of ether oxygens (including phenoxy) is 2. The molecule has 3 rings (SSSR count). The van der Waals surface area contributed by atoms with E-state index in [1.807, 2.05) is 30.3 Å². The van der Waals surface area contributed by atoms with Gasteiger partial charge in [0.25, 0.3) is 0 Å². The van der Waals surface area contributed by atoms with Crippen LogP contribution in [0.4, 0.5) is 0 Å². The fourth-order valence-corrected chi connectivity index (χ4v) is 3.24. The largest absolute Gasteiger partial charge is 0.497 e. The molecule has 0 unspecified atom stereocenters. The van der Waals surface area contributed by atoms with Gasteiger partial charge in [0.05, 0.1) is 7.11 Å². The molecule has 0 aliphatic rings. The van der Waals surface area contributed by atoms with Crippen molar-refractivity contribution in [2.24, 2.45) is 0 Å². The fraction of sp³-hybridized carbons (Fsp3) is 0.263. The van der Waals surface area contributed by atoms with E-state index in [1.165, 1.54) is 10.2 Å². The van der Waals surface area contributed by atoms with Gasteiger partial charge in [-0.2, -0.15) is 0 Å². The zero-order valence-electron chi connectivity index (χ0n) is 14.7. The number of hydrogen-bond acceptors (Lipinski definition) is 6. The van der Waals surface area contributed by atoms with Crippen molar-refractivity contribution in [3.8, 4) is 11.5 Å². The van der Waals surface area contributed by atoms with E-state index in [9.17, 15) is 0 Å².